The number of pyridine rings is 1. The normalized spacial score (nSPS) is 13.6. The lowest BCUT2D eigenvalue weighted by atomic mass is 10.3. The van der Waals surface area contributed by atoms with Gasteiger partial charge in [-0.05, 0) is 37.1 Å². The van der Waals surface area contributed by atoms with Gasteiger partial charge in [-0.15, -0.1) is 0 Å². The number of nitrogens with zero attached hydrogens (tertiary/aromatic N) is 5. The number of H-pyrrole nitrogens is 1. The van der Waals surface area contributed by atoms with E-state index in [4.69, 9.17) is 5.73 Å². The average Bonchev–Trinajstić information content (AvgIpc) is 3.12. The maximum atomic E-state index is 12.0. The first-order valence-electron chi connectivity index (χ1n) is 8.89. The number of aromatic amines is 1. The third kappa shape index (κ3) is 2.95. The molecule has 28 heavy (non-hydrogen) atoms. The Labute approximate surface area is 164 Å². The van der Waals surface area contributed by atoms with E-state index in [2.05, 4.69) is 25.0 Å². The number of hydrogen-bond acceptors (Lipinski definition) is 6. The summed E-state index contributed by atoms with van der Waals surface area (Å²) in [5.41, 5.74) is 8.52. The zero-order chi connectivity index (χ0) is 19.1. The van der Waals surface area contributed by atoms with E-state index in [9.17, 15) is 4.79 Å². The SMILES string of the molecule is NC(=O)c1nc(N(c2cnn(-c3cccnc3)c2)C2CC2)sc1-c1ccc[nH]1. The van der Waals surface area contributed by atoms with Gasteiger partial charge in [0.15, 0.2) is 10.8 Å². The number of rotatable bonds is 6. The summed E-state index contributed by atoms with van der Waals surface area (Å²) in [4.78, 5) is 26.7. The first-order valence-corrected chi connectivity index (χ1v) is 9.71. The summed E-state index contributed by atoms with van der Waals surface area (Å²) in [5.74, 6) is -0.533. The Hall–Kier alpha value is -3.46. The van der Waals surface area contributed by atoms with Crippen LogP contribution >= 0.6 is 11.3 Å². The summed E-state index contributed by atoms with van der Waals surface area (Å²) in [6, 6.07) is 7.96. The number of primary amides is 1. The van der Waals surface area contributed by atoms with E-state index in [-0.39, 0.29) is 5.69 Å². The molecule has 0 atom stereocenters. The highest BCUT2D eigenvalue weighted by Gasteiger charge is 2.34. The van der Waals surface area contributed by atoms with E-state index in [0.29, 0.717) is 6.04 Å². The molecule has 8 nitrogen and oxygen atoms in total. The highest BCUT2D eigenvalue weighted by Crippen LogP contribution is 2.43. The molecular formula is C19H17N7OS. The molecule has 0 bridgehead atoms. The number of hydrogen-bond donors (Lipinski definition) is 2. The fourth-order valence-electron chi connectivity index (χ4n) is 3.11. The number of carbonyl (C=O) groups excluding carboxylic acids is 1. The molecular weight excluding hydrogens is 374 g/mol. The van der Waals surface area contributed by atoms with Crippen LogP contribution in [0.4, 0.5) is 10.8 Å². The molecule has 4 aromatic heterocycles. The van der Waals surface area contributed by atoms with Gasteiger partial charge in [-0.25, -0.2) is 9.67 Å². The molecule has 1 saturated carbocycles. The Kier molecular flexibility index (Phi) is 3.94. The van der Waals surface area contributed by atoms with E-state index in [0.717, 1.165) is 39.9 Å². The summed E-state index contributed by atoms with van der Waals surface area (Å²) in [5, 5.41) is 5.21. The second-order valence-electron chi connectivity index (χ2n) is 6.58. The minimum absolute atomic E-state index is 0.285. The molecule has 0 unspecified atom stereocenters. The lowest BCUT2D eigenvalue weighted by molar-refractivity contribution is 0.0997. The van der Waals surface area contributed by atoms with Crippen molar-refractivity contribution >= 4 is 28.1 Å². The first-order chi connectivity index (χ1) is 13.7. The van der Waals surface area contributed by atoms with Gasteiger partial charge in [0.05, 0.1) is 40.5 Å². The molecule has 1 aliphatic carbocycles. The van der Waals surface area contributed by atoms with Crippen LogP contribution in [0, 0.1) is 0 Å². The molecule has 0 radical (unpaired) electrons. The van der Waals surface area contributed by atoms with Crippen LogP contribution in [0.2, 0.25) is 0 Å². The summed E-state index contributed by atoms with van der Waals surface area (Å²) in [6.45, 7) is 0. The molecule has 140 valence electrons. The van der Waals surface area contributed by atoms with Crippen LogP contribution in [0.3, 0.4) is 0 Å². The third-order valence-electron chi connectivity index (χ3n) is 4.57. The number of carbonyl (C=O) groups is 1. The summed E-state index contributed by atoms with van der Waals surface area (Å²) < 4.78 is 1.78. The molecule has 0 saturated heterocycles. The van der Waals surface area contributed by atoms with Crippen molar-refractivity contribution in [2.75, 3.05) is 4.90 Å². The van der Waals surface area contributed by atoms with Crippen LogP contribution in [0.1, 0.15) is 23.3 Å². The average molecular weight is 391 g/mol. The minimum atomic E-state index is -0.533. The maximum Gasteiger partial charge on any atom is 0.268 e. The number of nitrogens with two attached hydrogens (primary N) is 1. The lowest BCUT2D eigenvalue weighted by Crippen LogP contribution is -2.19. The summed E-state index contributed by atoms with van der Waals surface area (Å²) in [7, 11) is 0. The second kappa shape index (κ2) is 6.61. The van der Waals surface area contributed by atoms with Crippen molar-refractivity contribution in [3.05, 3.63) is 60.9 Å². The standard InChI is InChI=1S/C19H17N7OS/c20-18(27)16-17(15-4-2-8-22-15)28-19(24-16)26(12-5-6-12)14-10-23-25(11-14)13-3-1-7-21-9-13/h1-4,7-12,22H,5-6H2,(H2,20,27). The van der Waals surface area contributed by atoms with Crippen molar-refractivity contribution in [2.45, 2.75) is 18.9 Å². The Morgan fingerprint density at radius 1 is 1.29 bits per heavy atom. The number of aromatic nitrogens is 5. The fourth-order valence-corrected chi connectivity index (χ4v) is 4.26. The van der Waals surface area contributed by atoms with Crippen LogP contribution in [0.5, 0.6) is 0 Å². The van der Waals surface area contributed by atoms with Crippen molar-refractivity contribution in [1.29, 1.82) is 0 Å². The number of anilines is 2. The molecule has 0 aliphatic heterocycles. The molecule has 4 heterocycles. The molecule has 0 spiro atoms. The lowest BCUT2D eigenvalue weighted by Gasteiger charge is -2.19. The largest absolute Gasteiger partial charge is 0.364 e. The highest BCUT2D eigenvalue weighted by molar-refractivity contribution is 7.19. The molecule has 1 aliphatic rings. The fraction of sp³-hybridized carbons (Fsp3) is 0.158. The Bertz CT molecular complexity index is 1110. The Morgan fingerprint density at radius 3 is 2.86 bits per heavy atom. The van der Waals surface area contributed by atoms with Crippen molar-refractivity contribution in [3.63, 3.8) is 0 Å². The first kappa shape index (κ1) is 16.7. The predicted octanol–water partition coefficient (Wildman–Crippen LogP) is 3.12. The van der Waals surface area contributed by atoms with Gasteiger partial charge in [-0.2, -0.15) is 5.10 Å². The van der Waals surface area contributed by atoms with Gasteiger partial charge in [0.2, 0.25) is 0 Å². The molecule has 3 N–H and O–H groups in total. The molecule has 5 rings (SSSR count). The van der Waals surface area contributed by atoms with Crippen LogP contribution in [-0.2, 0) is 0 Å². The van der Waals surface area contributed by atoms with Gasteiger partial charge in [-0.3, -0.25) is 9.78 Å². The monoisotopic (exact) mass is 391 g/mol. The van der Waals surface area contributed by atoms with Crippen LogP contribution in [0.25, 0.3) is 16.3 Å². The molecule has 4 aromatic rings. The van der Waals surface area contributed by atoms with Gasteiger partial charge in [0.25, 0.3) is 5.91 Å². The van der Waals surface area contributed by atoms with Crippen molar-refractivity contribution in [3.8, 4) is 16.3 Å². The maximum absolute atomic E-state index is 12.0. The van der Waals surface area contributed by atoms with E-state index in [1.54, 1.807) is 17.1 Å². The topological polar surface area (TPSA) is 106 Å². The predicted molar refractivity (Wildman–Crippen MR) is 107 cm³/mol. The minimum Gasteiger partial charge on any atom is -0.364 e. The number of nitrogens with one attached hydrogen (secondary N) is 1. The zero-order valence-corrected chi connectivity index (χ0v) is 15.6. The smallest absolute Gasteiger partial charge is 0.268 e. The molecule has 9 heteroatoms. The van der Waals surface area contributed by atoms with Gasteiger partial charge in [-0.1, -0.05) is 11.3 Å². The van der Waals surface area contributed by atoms with Gasteiger partial charge in [0, 0.05) is 18.4 Å². The van der Waals surface area contributed by atoms with Crippen molar-refractivity contribution < 1.29 is 4.79 Å². The highest BCUT2D eigenvalue weighted by atomic mass is 32.1. The molecule has 1 amide bonds. The summed E-state index contributed by atoms with van der Waals surface area (Å²) in [6.07, 6.45) is 11.2. The van der Waals surface area contributed by atoms with E-state index < -0.39 is 5.91 Å². The van der Waals surface area contributed by atoms with E-state index in [1.807, 2.05) is 42.9 Å². The quantitative estimate of drug-likeness (QED) is 0.525. The summed E-state index contributed by atoms with van der Waals surface area (Å²) >= 11 is 1.46. The van der Waals surface area contributed by atoms with Gasteiger partial charge in [0.1, 0.15) is 0 Å². The number of thiazole rings is 1. The zero-order valence-electron chi connectivity index (χ0n) is 14.8. The van der Waals surface area contributed by atoms with Gasteiger partial charge < -0.3 is 15.6 Å². The van der Waals surface area contributed by atoms with Crippen molar-refractivity contribution in [2.24, 2.45) is 5.73 Å². The Balaban J connectivity index is 1.56. The van der Waals surface area contributed by atoms with E-state index in [1.165, 1.54) is 11.3 Å². The Morgan fingerprint density at radius 2 is 2.18 bits per heavy atom. The molecule has 0 aromatic carbocycles. The number of amides is 1. The van der Waals surface area contributed by atoms with Crippen molar-refractivity contribution in [1.82, 2.24) is 24.7 Å². The van der Waals surface area contributed by atoms with Crippen LogP contribution in [0.15, 0.2) is 55.2 Å². The van der Waals surface area contributed by atoms with E-state index >= 15 is 0 Å². The molecule has 1 fully saturated rings. The third-order valence-corrected chi connectivity index (χ3v) is 5.66. The van der Waals surface area contributed by atoms with Gasteiger partial charge >= 0.3 is 0 Å². The second-order valence-corrected chi connectivity index (χ2v) is 7.56. The van der Waals surface area contributed by atoms with Crippen LogP contribution in [-0.4, -0.2) is 36.7 Å². The van der Waals surface area contributed by atoms with Crippen LogP contribution < -0.4 is 10.6 Å².